The lowest BCUT2D eigenvalue weighted by Crippen LogP contribution is -2.39. The fourth-order valence-electron chi connectivity index (χ4n) is 3.24. The largest absolute Gasteiger partial charge is 0.317 e. The van der Waals surface area contributed by atoms with Gasteiger partial charge in [0.25, 0.3) is 0 Å². The first-order chi connectivity index (χ1) is 8.94. The Bertz CT molecular complexity index is 389. The summed E-state index contributed by atoms with van der Waals surface area (Å²) in [6, 6.07) is 0. The molecule has 2 heterocycles. The number of nitrogens with zero attached hydrogens (tertiary/aromatic N) is 2. The number of sulfonamides is 1. The highest BCUT2D eigenvalue weighted by Crippen LogP contribution is 2.38. The molecule has 0 aromatic rings. The van der Waals surface area contributed by atoms with Gasteiger partial charge in [0.2, 0.25) is 10.0 Å². The molecule has 2 aliphatic rings. The fraction of sp³-hybridized carbons (Fsp3) is 1.00. The van der Waals surface area contributed by atoms with Crippen molar-refractivity contribution in [1.29, 1.82) is 0 Å². The Morgan fingerprint density at radius 1 is 1.21 bits per heavy atom. The summed E-state index contributed by atoms with van der Waals surface area (Å²) < 4.78 is 24.7. The van der Waals surface area contributed by atoms with Gasteiger partial charge in [-0.3, -0.25) is 0 Å². The van der Waals surface area contributed by atoms with Crippen molar-refractivity contribution >= 4 is 10.0 Å². The van der Waals surface area contributed by atoms with Crippen LogP contribution in [0.15, 0.2) is 0 Å². The minimum absolute atomic E-state index is 0.269. The molecule has 112 valence electrons. The number of hydrogen-bond donors (Lipinski definition) is 1. The molecule has 0 bridgehead atoms. The molecule has 1 N–H and O–H groups in total. The summed E-state index contributed by atoms with van der Waals surface area (Å²) in [7, 11) is 0.186. The molecule has 2 fully saturated rings. The van der Waals surface area contributed by atoms with E-state index in [0.29, 0.717) is 5.41 Å². The number of piperidine rings is 1. The van der Waals surface area contributed by atoms with Gasteiger partial charge in [0.1, 0.15) is 0 Å². The second-order valence-electron chi connectivity index (χ2n) is 6.23. The molecule has 0 radical (unpaired) electrons. The Morgan fingerprint density at radius 3 is 2.53 bits per heavy atom. The average molecular weight is 289 g/mol. The van der Waals surface area contributed by atoms with Crippen LogP contribution in [-0.4, -0.2) is 70.2 Å². The summed E-state index contributed by atoms with van der Waals surface area (Å²) >= 11 is 0. The summed E-state index contributed by atoms with van der Waals surface area (Å²) in [5.74, 6) is 0.269. The minimum Gasteiger partial charge on any atom is -0.317 e. The first-order valence-electron chi connectivity index (χ1n) is 7.27. The zero-order chi connectivity index (χ0) is 13.9. The summed E-state index contributed by atoms with van der Waals surface area (Å²) in [6.07, 6.45) is 4.59. The normalized spacial score (nSPS) is 24.4. The van der Waals surface area contributed by atoms with E-state index in [4.69, 9.17) is 0 Å². The molecule has 5 nitrogen and oxygen atoms in total. The van der Waals surface area contributed by atoms with Crippen LogP contribution >= 0.6 is 0 Å². The maximum absolute atomic E-state index is 11.7. The van der Waals surface area contributed by atoms with Crippen molar-refractivity contribution < 1.29 is 8.42 Å². The molecule has 2 saturated heterocycles. The number of likely N-dealkylation sites (tertiary alicyclic amines) is 1. The van der Waals surface area contributed by atoms with Gasteiger partial charge in [0.15, 0.2) is 0 Å². The van der Waals surface area contributed by atoms with Crippen molar-refractivity contribution in [1.82, 2.24) is 14.5 Å². The third-order valence-corrected chi connectivity index (χ3v) is 6.53. The van der Waals surface area contributed by atoms with Crippen LogP contribution in [0.1, 0.15) is 25.7 Å². The maximum atomic E-state index is 11.7. The van der Waals surface area contributed by atoms with Gasteiger partial charge in [-0.05, 0) is 57.3 Å². The lowest BCUT2D eigenvalue weighted by Gasteiger charge is -2.33. The van der Waals surface area contributed by atoms with E-state index in [0.717, 1.165) is 39.1 Å². The van der Waals surface area contributed by atoms with E-state index in [2.05, 4.69) is 10.2 Å². The van der Waals surface area contributed by atoms with E-state index in [1.165, 1.54) is 23.6 Å². The second kappa shape index (κ2) is 6.08. The van der Waals surface area contributed by atoms with E-state index in [9.17, 15) is 8.42 Å². The standard InChI is InChI=1S/C13H27N3O2S/c1-15(2)19(17,18)11-3-9-16-10-6-13(12-16)4-7-14-8-5-13/h14H,3-12H2,1-2H3. The predicted molar refractivity (Wildman–Crippen MR) is 77.7 cm³/mol. The summed E-state index contributed by atoms with van der Waals surface area (Å²) in [4.78, 5) is 2.45. The Labute approximate surface area is 117 Å². The monoisotopic (exact) mass is 289 g/mol. The Morgan fingerprint density at radius 2 is 1.89 bits per heavy atom. The molecule has 2 aliphatic heterocycles. The van der Waals surface area contributed by atoms with Crippen molar-refractivity contribution in [3.05, 3.63) is 0 Å². The molecule has 1 spiro atoms. The third kappa shape index (κ3) is 3.90. The van der Waals surface area contributed by atoms with Crippen molar-refractivity contribution in [2.24, 2.45) is 5.41 Å². The van der Waals surface area contributed by atoms with Crippen molar-refractivity contribution in [3.8, 4) is 0 Å². The molecule has 0 saturated carbocycles. The van der Waals surface area contributed by atoms with Crippen LogP contribution in [0.2, 0.25) is 0 Å². The molecule has 0 aromatic carbocycles. The zero-order valence-electron chi connectivity index (χ0n) is 12.2. The molecule has 0 amide bonds. The first-order valence-corrected chi connectivity index (χ1v) is 8.88. The molecule has 2 rings (SSSR count). The molecule has 0 aliphatic carbocycles. The van der Waals surface area contributed by atoms with Crippen LogP contribution in [0.25, 0.3) is 0 Å². The summed E-state index contributed by atoms with van der Waals surface area (Å²) in [6.45, 7) is 5.51. The molecule has 6 heteroatoms. The van der Waals surface area contributed by atoms with Gasteiger partial charge in [-0.25, -0.2) is 12.7 Å². The highest BCUT2D eigenvalue weighted by Gasteiger charge is 2.38. The van der Waals surface area contributed by atoms with Crippen LogP contribution in [0, 0.1) is 5.41 Å². The average Bonchev–Trinajstić information content (AvgIpc) is 2.73. The second-order valence-corrected chi connectivity index (χ2v) is 8.53. The Balaban J connectivity index is 1.74. The van der Waals surface area contributed by atoms with Crippen LogP contribution in [-0.2, 0) is 10.0 Å². The molecule has 0 unspecified atom stereocenters. The van der Waals surface area contributed by atoms with Gasteiger partial charge < -0.3 is 10.2 Å². The van der Waals surface area contributed by atoms with Crippen LogP contribution in [0.3, 0.4) is 0 Å². The lowest BCUT2D eigenvalue weighted by atomic mass is 9.78. The number of hydrogen-bond acceptors (Lipinski definition) is 4. The summed E-state index contributed by atoms with van der Waals surface area (Å²) in [5, 5.41) is 3.42. The van der Waals surface area contributed by atoms with Gasteiger partial charge in [-0.2, -0.15) is 0 Å². The topological polar surface area (TPSA) is 52.7 Å². The Hall–Kier alpha value is -0.170. The number of nitrogens with one attached hydrogen (secondary N) is 1. The smallest absolute Gasteiger partial charge is 0.213 e. The van der Waals surface area contributed by atoms with Crippen molar-refractivity contribution in [2.75, 3.05) is 52.6 Å². The van der Waals surface area contributed by atoms with Gasteiger partial charge in [-0.15, -0.1) is 0 Å². The van der Waals surface area contributed by atoms with Crippen LogP contribution in [0.5, 0.6) is 0 Å². The van der Waals surface area contributed by atoms with Crippen molar-refractivity contribution in [2.45, 2.75) is 25.7 Å². The highest BCUT2D eigenvalue weighted by molar-refractivity contribution is 7.89. The first kappa shape index (κ1) is 15.2. The molecule has 0 atom stereocenters. The molecular formula is C13H27N3O2S. The van der Waals surface area contributed by atoms with E-state index >= 15 is 0 Å². The quantitative estimate of drug-likeness (QED) is 0.793. The van der Waals surface area contributed by atoms with E-state index < -0.39 is 10.0 Å². The van der Waals surface area contributed by atoms with E-state index in [1.54, 1.807) is 14.1 Å². The molecule has 19 heavy (non-hydrogen) atoms. The fourth-order valence-corrected chi connectivity index (χ4v) is 4.10. The SMILES string of the molecule is CN(C)S(=O)(=O)CCCN1CCC2(CCNCC2)C1. The van der Waals surface area contributed by atoms with Gasteiger partial charge >= 0.3 is 0 Å². The maximum Gasteiger partial charge on any atom is 0.213 e. The van der Waals surface area contributed by atoms with Crippen molar-refractivity contribution in [3.63, 3.8) is 0 Å². The molecular weight excluding hydrogens is 262 g/mol. The van der Waals surface area contributed by atoms with E-state index in [1.807, 2.05) is 0 Å². The zero-order valence-corrected chi connectivity index (χ0v) is 13.0. The number of rotatable bonds is 5. The third-order valence-electron chi connectivity index (χ3n) is 4.61. The van der Waals surface area contributed by atoms with Gasteiger partial charge in [0.05, 0.1) is 5.75 Å². The predicted octanol–water partition coefficient (Wildman–Crippen LogP) is 0.343. The lowest BCUT2D eigenvalue weighted by molar-refractivity contribution is 0.197. The highest BCUT2D eigenvalue weighted by atomic mass is 32.2. The van der Waals surface area contributed by atoms with Gasteiger partial charge in [0, 0.05) is 20.6 Å². The van der Waals surface area contributed by atoms with Crippen LogP contribution in [0.4, 0.5) is 0 Å². The minimum atomic E-state index is -3.03. The van der Waals surface area contributed by atoms with E-state index in [-0.39, 0.29) is 5.75 Å². The summed E-state index contributed by atoms with van der Waals surface area (Å²) in [5.41, 5.74) is 0.520. The Kier molecular flexibility index (Phi) is 4.87. The van der Waals surface area contributed by atoms with Gasteiger partial charge in [-0.1, -0.05) is 0 Å². The van der Waals surface area contributed by atoms with Crippen LogP contribution < -0.4 is 5.32 Å². The molecule has 0 aromatic heterocycles.